The first-order chi connectivity index (χ1) is 15.1. The molecule has 1 amide bonds. The lowest BCUT2D eigenvalue weighted by molar-refractivity contribution is -0.115. The van der Waals surface area contributed by atoms with Crippen LogP contribution in [-0.2, 0) is 24.2 Å². The van der Waals surface area contributed by atoms with Crippen LogP contribution >= 0.6 is 34.7 Å². The topological polar surface area (TPSA) is 101 Å². The Bertz CT molecular complexity index is 1110. The highest BCUT2D eigenvalue weighted by Crippen LogP contribution is 2.37. The number of nitrogens with one attached hydrogen (secondary N) is 1. The highest BCUT2D eigenvalue weighted by Gasteiger charge is 2.21. The Hall–Kier alpha value is -2.54. The number of nitrogens with zero attached hydrogens (tertiary/aromatic N) is 3. The third-order valence-electron chi connectivity index (χ3n) is 4.71. The average Bonchev–Trinajstić information content (AvgIpc) is 3.37. The molecule has 3 aromatic rings. The highest BCUT2D eigenvalue weighted by atomic mass is 35.5. The van der Waals surface area contributed by atoms with Crippen molar-refractivity contribution in [2.24, 2.45) is 0 Å². The van der Waals surface area contributed by atoms with Gasteiger partial charge in [-0.2, -0.15) is 5.26 Å². The molecule has 1 aromatic carbocycles. The lowest BCUT2D eigenvalue weighted by Crippen LogP contribution is -2.12. The van der Waals surface area contributed by atoms with Gasteiger partial charge in [0, 0.05) is 22.1 Å². The Labute approximate surface area is 192 Å². The molecule has 2 aromatic heterocycles. The predicted octanol–water partition coefficient (Wildman–Crippen LogP) is 5.23. The molecule has 160 valence electrons. The third-order valence-corrected chi connectivity index (χ3v) is 6.99. The number of rotatable bonds is 8. The van der Waals surface area contributed by atoms with Crippen LogP contribution in [0.5, 0.6) is 5.75 Å². The van der Waals surface area contributed by atoms with Gasteiger partial charge in [-0.1, -0.05) is 23.4 Å². The summed E-state index contributed by atoms with van der Waals surface area (Å²) in [6.45, 7) is 0.148. The molecular weight excluding hydrogens is 456 g/mol. The molecule has 1 aliphatic carbocycles. The van der Waals surface area contributed by atoms with E-state index >= 15 is 0 Å². The Morgan fingerprint density at radius 1 is 1.29 bits per heavy atom. The zero-order valence-corrected chi connectivity index (χ0v) is 18.9. The lowest BCUT2D eigenvalue weighted by Gasteiger charge is -2.09. The third kappa shape index (κ3) is 5.58. The van der Waals surface area contributed by atoms with Crippen LogP contribution in [0.2, 0.25) is 5.02 Å². The predicted molar refractivity (Wildman–Crippen MR) is 120 cm³/mol. The lowest BCUT2D eigenvalue weighted by atomic mass is 9.96. The van der Waals surface area contributed by atoms with E-state index < -0.39 is 0 Å². The molecule has 0 radical (unpaired) electrons. The molecule has 0 atom stereocenters. The Balaban J connectivity index is 1.24. The summed E-state index contributed by atoms with van der Waals surface area (Å²) in [5, 5.41) is 22.0. The molecule has 0 saturated carbocycles. The number of nitriles is 1. The van der Waals surface area contributed by atoms with Crippen LogP contribution in [0, 0.1) is 11.3 Å². The molecule has 0 aliphatic heterocycles. The van der Waals surface area contributed by atoms with Crippen LogP contribution in [0.25, 0.3) is 0 Å². The Kier molecular flexibility index (Phi) is 7.12. The summed E-state index contributed by atoms with van der Waals surface area (Å²) in [6, 6.07) is 9.25. The number of halogens is 1. The normalized spacial score (nSPS) is 12.8. The molecule has 31 heavy (non-hydrogen) atoms. The van der Waals surface area contributed by atoms with Gasteiger partial charge in [-0.15, -0.1) is 21.5 Å². The number of aryl methyl sites for hydroxylation is 1. The number of carbonyl (C=O) groups excluding carboxylic acids is 1. The van der Waals surface area contributed by atoms with Crippen molar-refractivity contribution in [1.82, 2.24) is 10.2 Å². The number of fused-ring (bicyclic) bond motifs is 1. The molecule has 0 fully saturated rings. The van der Waals surface area contributed by atoms with Crippen molar-refractivity contribution in [2.75, 3.05) is 11.1 Å². The van der Waals surface area contributed by atoms with Gasteiger partial charge in [0.25, 0.3) is 11.1 Å². The van der Waals surface area contributed by atoms with Gasteiger partial charge in [0.2, 0.25) is 5.91 Å². The summed E-state index contributed by atoms with van der Waals surface area (Å²) in [5.74, 6) is 1.36. The van der Waals surface area contributed by atoms with Crippen LogP contribution in [0.1, 0.15) is 41.2 Å². The number of thiophene rings is 1. The minimum Gasteiger partial charge on any atom is -0.484 e. The molecular formula is C21H19ClN4O3S2. The molecule has 7 nitrogen and oxygen atoms in total. The Morgan fingerprint density at radius 2 is 2.10 bits per heavy atom. The molecule has 0 saturated heterocycles. The minimum atomic E-state index is -0.131. The van der Waals surface area contributed by atoms with E-state index in [1.165, 1.54) is 28.0 Å². The SMILES string of the molecule is N#Cc1c(NC(=O)CCSc2nnc(COc3ccc(Cl)cc3)o2)sc2c1CCCC2. The van der Waals surface area contributed by atoms with Gasteiger partial charge in [-0.05, 0) is 55.5 Å². The van der Waals surface area contributed by atoms with E-state index in [9.17, 15) is 10.1 Å². The van der Waals surface area contributed by atoms with E-state index in [0.29, 0.717) is 38.2 Å². The molecule has 2 heterocycles. The molecule has 0 unspecified atom stereocenters. The highest BCUT2D eigenvalue weighted by molar-refractivity contribution is 7.99. The van der Waals surface area contributed by atoms with Crippen molar-refractivity contribution in [3.63, 3.8) is 0 Å². The van der Waals surface area contributed by atoms with Gasteiger partial charge in [-0.3, -0.25) is 4.79 Å². The second kappa shape index (κ2) is 10.2. The minimum absolute atomic E-state index is 0.131. The zero-order chi connectivity index (χ0) is 21.6. The first-order valence-corrected chi connectivity index (χ1v) is 12.0. The van der Waals surface area contributed by atoms with Crippen molar-refractivity contribution < 1.29 is 13.9 Å². The number of thioether (sulfide) groups is 1. The number of hydrogen-bond acceptors (Lipinski definition) is 8. The zero-order valence-electron chi connectivity index (χ0n) is 16.5. The van der Waals surface area contributed by atoms with E-state index in [2.05, 4.69) is 21.6 Å². The summed E-state index contributed by atoms with van der Waals surface area (Å²) in [4.78, 5) is 13.6. The maximum absolute atomic E-state index is 12.3. The summed E-state index contributed by atoms with van der Waals surface area (Å²) in [6.07, 6.45) is 4.42. The molecule has 1 aliphatic rings. The number of aromatic nitrogens is 2. The standard InChI is InChI=1S/C21H19ClN4O3S2/c22-13-5-7-14(8-6-13)28-12-19-25-26-21(29-19)30-10-9-18(27)24-20-16(11-23)15-3-1-2-4-17(15)31-20/h5-8H,1-4,9-10,12H2,(H,24,27). The van der Waals surface area contributed by atoms with Crippen LogP contribution in [0.15, 0.2) is 33.9 Å². The first-order valence-electron chi connectivity index (χ1n) is 9.80. The number of ether oxygens (including phenoxy) is 1. The molecule has 0 bridgehead atoms. The van der Waals surface area contributed by atoms with Crippen molar-refractivity contribution >= 4 is 45.6 Å². The maximum atomic E-state index is 12.3. The molecule has 10 heteroatoms. The van der Waals surface area contributed by atoms with Crippen LogP contribution < -0.4 is 10.1 Å². The fourth-order valence-electron chi connectivity index (χ4n) is 3.22. The fraction of sp³-hybridized carbons (Fsp3) is 0.333. The average molecular weight is 475 g/mol. The quantitative estimate of drug-likeness (QED) is 0.445. The van der Waals surface area contributed by atoms with E-state index in [1.807, 2.05) is 0 Å². The van der Waals surface area contributed by atoms with Crippen molar-refractivity contribution in [2.45, 2.75) is 43.9 Å². The van der Waals surface area contributed by atoms with Crippen LogP contribution in [-0.4, -0.2) is 21.9 Å². The van der Waals surface area contributed by atoms with Gasteiger partial charge in [0.1, 0.15) is 16.8 Å². The van der Waals surface area contributed by atoms with E-state index in [-0.39, 0.29) is 18.9 Å². The van der Waals surface area contributed by atoms with Crippen molar-refractivity contribution in [3.8, 4) is 11.8 Å². The molecule has 1 N–H and O–H groups in total. The largest absolute Gasteiger partial charge is 0.484 e. The number of hydrogen-bond donors (Lipinski definition) is 1. The second-order valence-electron chi connectivity index (χ2n) is 6.88. The smallest absolute Gasteiger partial charge is 0.276 e. The summed E-state index contributed by atoms with van der Waals surface area (Å²) in [7, 11) is 0. The second-order valence-corrected chi connectivity index (χ2v) is 9.47. The van der Waals surface area contributed by atoms with E-state index in [1.54, 1.807) is 24.3 Å². The fourth-order valence-corrected chi connectivity index (χ4v) is 5.32. The van der Waals surface area contributed by atoms with Gasteiger partial charge in [0.05, 0.1) is 5.56 Å². The maximum Gasteiger partial charge on any atom is 0.276 e. The van der Waals surface area contributed by atoms with Gasteiger partial charge >= 0.3 is 0 Å². The van der Waals surface area contributed by atoms with Gasteiger partial charge in [0.15, 0.2) is 6.61 Å². The van der Waals surface area contributed by atoms with Gasteiger partial charge < -0.3 is 14.5 Å². The Morgan fingerprint density at radius 3 is 2.90 bits per heavy atom. The number of amides is 1. The molecule has 0 spiro atoms. The van der Waals surface area contributed by atoms with Crippen molar-refractivity contribution in [3.05, 3.63) is 51.2 Å². The van der Waals surface area contributed by atoms with Gasteiger partial charge in [-0.25, -0.2) is 0 Å². The van der Waals surface area contributed by atoms with E-state index in [4.69, 9.17) is 20.8 Å². The first kappa shape index (κ1) is 21.7. The molecule has 4 rings (SSSR count). The van der Waals surface area contributed by atoms with Crippen LogP contribution in [0.4, 0.5) is 5.00 Å². The number of anilines is 1. The van der Waals surface area contributed by atoms with Crippen LogP contribution in [0.3, 0.4) is 0 Å². The summed E-state index contributed by atoms with van der Waals surface area (Å²) < 4.78 is 11.1. The van der Waals surface area contributed by atoms with E-state index in [0.717, 1.165) is 31.2 Å². The summed E-state index contributed by atoms with van der Waals surface area (Å²) in [5.41, 5.74) is 1.74. The summed E-state index contributed by atoms with van der Waals surface area (Å²) >= 11 is 8.68. The monoisotopic (exact) mass is 474 g/mol. The number of benzene rings is 1. The number of carbonyl (C=O) groups is 1. The van der Waals surface area contributed by atoms with Crippen molar-refractivity contribution in [1.29, 1.82) is 5.26 Å².